The highest BCUT2D eigenvalue weighted by Gasteiger charge is 2.12. The molecule has 0 amide bonds. The van der Waals surface area contributed by atoms with Crippen LogP contribution in [0.15, 0.2) is 53.6 Å². The van der Waals surface area contributed by atoms with Gasteiger partial charge in [0, 0.05) is 0 Å². The van der Waals surface area contributed by atoms with E-state index in [2.05, 4.69) is 10.4 Å². The Balaban J connectivity index is 1.88. The van der Waals surface area contributed by atoms with Gasteiger partial charge in [-0.3, -0.25) is 10.4 Å². The Morgan fingerprint density at radius 1 is 1.19 bits per heavy atom. The molecular weight excluding hydrogens is 382 g/mol. The molecule has 0 saturated heterocycles. The number of nitrogens with zero attached hydrogens (tertiary/aromatic N) is 2. The summed E-state index contributed by atoms with van der Waals surface area (Å²) in [6, 6.07) is 8.90. The van der Waals surface area contributed by atoms with Crippen molar-refractivity contribution in [3.05, 3.63) is 80.7 Å². The van der Waals surface area contributed by atoms with Crippen molar-refractivity contribution in [2.45, 2.75) is 6.54 Å². The maximum absolute atomic E-state index is 13.0. The zero-order chi connectivity index (χ0) is 18.7. The maximum Gasteiger partial charge on any atom is 0.348 e. The van der Waals surface area contributed by atoms with Crippen molar-refractivity contribution in [2.75, 3.05) is 5.43 Å². The zero-order valence-electron chi connectivity index (χ0n) is 13.2. The number of hydrazine groups is 1. The summed E-state index contributed by atoms with van der Waals surface area (Å²) in [6.07, 6.45) is 2.74. The lowest BCUT2D eigenvalue weighted by Gasteiger charge is -2.12. The summed E-state index contributed by atoms with van der Waals surface area (Å²) in [7, 11) is 0. The molecule has 3 N–H and O–H groups in total. The van der Waals surface area contributed by atoms with E-state index in [1.54, 1.807) is 24.3 Å². The Morgan fingerprint density at radius 2 is 1.85 bits per heavy atom. The predicted molar refractivity (Wildman–Crippen MR) is 98.3 cm³/mol. The van der Waals surface area contributed by atoms with Gasteiger partial charge in [0.2, 0.25) is 0 Å². The Bertz CT molecular complexity index is 970. The number of nitrogens with one attached hydrogen (secondary N) is 1. The predicted octanol–water partition coefficient (Wildman–Crippen LogP) is 3.82. The van der Waals surface area contributed by atoms with Gasteiger partial charge in [0.05, 0.1) is 34.7 Å². The molecule has 0 aliphatic rings. The van der Waals surface area contributed by atoms with Crippen molar-refractivity contribution in [2.24, 2.45) is 5.84 Å². The maximum atomic E-state index is 13.0. The van der Waals surface area contributed by atoms with Crippen molar-refractivity contribution >= 4 is 28.9 Å². The lowest BCUT2D eigenvalue weighted by atomic mass is 10.2. The molecular formula is C17H13Cl2FN4O2. The first kappa shape index (κ1) is 18.2. The molecule has 1 heterocycles. The highest BCUT2D eigenvalue weighted by atomic mass is 35.5. The summed E-state index contributed by atoms with van der Waals surface area (Å²) in [5, 5.41) is 0.475. The van der Waals surface area contributed by atoms with Crippen molar-refractivity contribution in [1.82, 2.24) is 9.55 Å². The lowest BCUT2D eigenvalue weighted by Crippen LogP contribution is -2.22. The molecule has 3 aromatic rings. The van der Waals surface area contributed by atoms with Gasteiger partial charge in [-0.15, -0.1) is 0 Å². The molecule has 0 bridgehead atoms. The first-order valence-electron chi connectivity index (χ1n) is 7.40. The van der Waals surface area contributed by atoms with E-state index >= 15 is 0 Å². The van der Waals surface area contributed by atoms with Crippen LogP contribution in [-0.4, -0.2) is 9.55 Å². The molecule has 0 radical (unpaired) electrons. The molecule has 134 valence electrons. The minimum Gasteiger partial charge on any atom is -0.451 e. The van der Waals surface area contributed by atoms with Crippen LogP contribution in [0.1, 0.15) is 5.56 Å². The number of nitrogens with two attached hydrogens (primary N) is 1. The van der Waals surface area contributed by atoms with Gasteiger partial charge in [-0.25, -0.2) is 9.18 Å². The Morgan fingerprint density at radius 3 is 2.46 bits per heavy atom. The van der Waals surface area contributed by atoms with E-state index in [4.69, 9.17) is 33.8 Å². The van der Waals surface area contributed by atoms with Crippen molar-refractivity contribution in [1.29, 1.82) is 0 Å². The zero-order valence-corrected chi connectivity index (χ0v) is 14.8. The molecule has 2 aromatic carbocycles. The normalized spacial score (nSPS) is 10.6. The van der Waals surface area contributed by atoms with Gasteiger partial charge >= 0.3 is 5.69 Å². The average Bonchev–Trinajstić information content (AvgIpc) is 2.62. The number of halogens is 3. The number of hydrogen-bond acceptors (Lipinski definition) is 5. The molecule has 0 unspecified atom stereocenters. The second kappa shape index (κ2) is 7.74. The van der Waals surface area contributed by atoms with Crippen LogP contribution in [-0.2, 0) is 6.54 Å². The minimum absolute atomic E-state index is 0.209. The molecule has 0 aliphatic heterocycles. The molecule has 0 saturated carbocycles. The Hall–Kier alpha value is -2.61. The smallest absolute Gasteiger partial charge is 0.348 e. The molecule has 1 aromatic heterocycles. The molecule has 26 heavy (non-hydrogen) atoms. The third-order valence-corrected chi connectivity index (χ3v) is 4.04. The van der Waals surface area contributed by atoms with E-state index in [9.17, 15) is 9.18 Å². The minimum atomic E-state index is -0.471. The fourth-order valence-electron chi connectivity index (χ4n) is 2.25. The molecule has 6 nitrogen and oxygen atoms in total. The topological polar surface area (TPSA) is 82.2 Å². The monoisotopic (exact) mass is 394 g/mol. The SMILES string of the molecule is NNc1cc(Cl)c(Oc2cnc(=O)n(Cc3ccc(F)cc3)c2)c(Cl)c1. The third kappa shape index (κ3) is 4.13. The largest absolute Gasteiger partial charge is 0.451 e. The van der Waals surface area contributed by atoms with Gasteiger partial charge in [-0.1, -0.05) is 35.3 Å². The molecule has 9 heteroatoms. The molecule has 3 rings (SSSR count). The van der Waals surface area contributed by atoms with Crippen LogP contribution < -0.4 is 21.7 Å². The van der Waals surface area contributed by atoms with E-state index in [0.717, 1.165) is 5.56 Å². The summed E-state index contributed by atoms with van der Waals surface area (Å²) >= 11 is 12.3. The van der Waals surface area contributed by atoms with E-state index in [1.165, 1.54) is 29.1 Å². The molecule has 0 fully saturated rings. The fourth-order valence-corrected chi connectivity index (χ4v) is 2.81. The number of ether oxygens (including phenoxy) is 1. The van der Waals surface area contributed by atoms with E-state index in [0.29, 0.717) is 5.69 Å². The van der Waals surface area contributed by atoms with Crippen LogP contribution in [0.5, 0.6) is 11.5 Å². The van der Waals surface area contributed by atoms with Gasteiger partial charge in [0.1, 0.15) is 5.82 Å². The number of nitrogen functional groups attached to an aromatic ring is 1. The first-order chi connectivity index (χ1) is 12.5. The third-order valence-electron chi connectivity index (χ3n) is 3.48. The average molecular weight is 395 g/mol. The van der Waals surface area contributed by atoms with Crippen LogP contribution in [0.4, 0.5) is 10.1 Å². The number of anilines is 1. The van der Waals surface area contributed by atoms with Crippen LogP contribution in [0, 0.1) is 5.82 Å². The first-order valence-corrected chi connectivity index (χ1v) is 8.16. The highest BCUT2D eigenvalue weighted by molar-refractivity contribution is 6.37. The quantitative estimate of drug-likeness (QED) is 0.507. The van der Waals surface area contributed by atoms with E-state index in [1.807, 2.05) is 0 Å². The molecule has 0 atom stereocenters. The summed E-state index contributed by atoms with van der Waals surface area (Å²) in [5.74, 6) is 5.46. The second-order valence-electron chi connectivity index (χ2n) is 5.34. The second-order valence-corrected chi connectivity index (χ2v) is 6.16. The lowest BCUT2D eigenvalue weighted by molar-refractivity contribution is 0.470. The van der Waals surface area contributed by atoms with Gasteiger partial charge in [0.15, 0.2) is 11.5 Å². The summed E-state index contributed by atoms with van der Waals surface area (Å²) < 4.78 is 20.0. The fraction of sp³-hybridized carbons (Fsp3) is 0.0588. The molecule has 0 spiro atoms. The highest BCUT2D eigenvalue weighted by Crippen LogP contribution is 2.38. The van der Waals surface area contributed by atoms with Gasteiger partial charge in [-0.05, 0) is 29.8 Å². The molecule has 0 aliphatic carbocycles. The number of aromatic nitrogens is 2. The number of hydrogen-bond donors (Lipinski definition) is 2. The summed E-state index contributed by atoms with van der Waals surface area (Å²) in [5.41, 5.74) is 3.23. The number of rotatable bonds is 5. The van der Waals surface area contributed by atoms with Gasteiger partial charge in [-0.2, -0.15) is 4.98 Å². The Kier molecular flexibility index (Phi) is 5.41. The van der Waals surface area contributed by atoms with Crippen molar-refractivity contribution in [3.63, 3.8) is 0 Å². The van der Waals surface area contributed by atoms with Crippen LogP contribution in [0.25, 0.3) is 0 Å². The van der Waals surface area contributed by atoms with Crippen LogP contribution >= 0.6 is 23.2 Å². The van der Waals surface area contributed by atoms with Gasteiger partial charge in [0.25, 0.3) is 0 Å². The standard InChI is InChI=1S/C17H13Cl2FN4O2/c18-14-5-12(23-21)6-15(19)16(14)26-13-7-22-17(25)24(9-13)8-10-1-3-11(20)4-2-10/h1-7,9,23H,8,21H2. The Labute approximate surface area is 157 Å². The van der Waals surface area contributed by atoms with E-state index < -0.39 is 5.69 Å². The van der Waals surface area contributed by atoms with Crippen molar-refractivity contribution < 1.29 is 9.13 Å². The van der Waals surface area contributed by atoms with Crippen LogP contribution in [0.2, 0.25) is 10.0 Å². The summed E-state index contributed by atoms with van der Waals surface area (Å²) in [6.45, 7) is 0.209. The van der Waals surface area contributed by atoms with Crippen LogP contribution in [0.3, 0.4) is 0 Å². The number of benzene rings is 2. The summed E-state index contributed by atoms with van der Waals surface area (Å²) in [4.78, 5) is 15.7. The van der Waals surface area contributed by atoms with E-state index in [-0.39, 0.29) is 33.9 Å². The van der Waals surface area contributed by atoms with Crippen molar-refractivity contribution in [3.8, 4) is 11.5 Å². The van der Waals surface area contributed by atoms with Gasteiger partial charge < -0.3 is 10.2 Å².